The molecule has 0 aliphatic heterocycles. The zero-order valence-corrected chi connectivity index (χ0v) is 14.2. The summed E-state index contributed by atoms with van der Waals surface area (Å²) < 4.78 is 6.99. The molecule has 5 nitrogen and oxygen atoms in total. The van der Waals surface area contributed by atoms with Gasteiger partial charge in [-0.25, -0.2) is 4.98 Å². The van der Waals surface area contributed by atoms with E-state index >= 15 is 0 Å². The van der Waals surface area contributed by atoms with Crippen LogP contribution in [0, 0.1) is 0 Å². The first-order chi connectivity index (χ1) is 11.6. The van der Waals surface area contributed by atoms with Crippen LogP contribution in [0.25, 0.3) is 11.7 Å². The topological polar surface area (TPSA) is 55.6 Å². The molecule has 0 fully saturated rings. The minimum atomic E-state index is -0.336. The van der Waals surface area contributed by atoms with Gasteiger partial charge in [-0.15, -0.1) is 0 Å². The first-order valence-corrected chi connectivity index (χ1v) is 7.79. The molecular weight excluding hydrogens is 349 g/mol. The second-order valence-electron chi connectivity index (χ2n) is 4.88. The minimum Gasteiger partial charge on any atom is -0.495 e. The molecule has 1 N–H and O–H groups in total. The van der Waals surface area contributed by atoms with E-state index < -0.39 is 0 Å². The van der Waals surface area contributed by atoms with E-state index in [-0.39, 0.29) is 5.91 Å². The number of carbonyl (C=O) groups excluding carboxylic acids is 1. The second kappa shape index (κ2) is 6.95. The van der Waals surface area contributed by atoms with Crippen molar-refractivity contribution in [1.29, 1.82) is 0 Å². The summed E-state index contributed by atoms with van der Waals surface area (Å²) in [6.45, 7) is 0. The number of hydrogen-bond donors (Lipinski definition) is 1. The smallest absolute Gasteiger partial charge is 0.248 e. The summed E-state index contributed by atoms with van der Waals surface area (Å²) in [5, 5.41) is 3.55. The fourth-order valence-corrected chi connectivity index (χ4v) is 2.65. The number of benzene rings is 1. The molecular formula is C17H13Cl2N3O2. The maximum absolute atomic E-state index is 12.2. The highest BCUT2D eigenvalue weighted by Crippen LogP contribution is 2.27. The van der Waals surface area contributed by atoms with Gasteiger partial charge in [-0.3, -0.25) is 9.20 Å². The SMILES string of the molecule is COc1ccc(Cl)cc1NC(=O)/C=C/c1c(Cl)nc2ccccn12. The average molecular weight is 362 g/mol. The van der Waals surface area contributed by atoms with Crippen molar-refractivity contribution in [2.24, 2.45) is 0 Å². The van der Waals surface area contributed by atoms with Crippen LogP contribution in [0.15, 0.2) is 48.7 Å². The van der Waals surface area contributed by atoms with Crippen LogP contribution in [0.4, 0.5) is 5.69 Å². The summed E-state index contributed by atoms with van der Waals surface area (Å²) in [6.07, 6.45) is 4.81. The van der Waals surface area contributed by atoms with Crippen molar-refractivity contribution >= 4 is 46.5 Å². The van der Waals surface area contributed by atoms with E-state index in [1.54, 1.807) is 28.7 Å². The van der Waals surface area contributed by atoms with Gasteiger partial charge in [0.05, 0.1) is 18.5 Å². The van der Waals surface area contributed by atoms with E-state index in [1.807, 2.05) is 24.4 Å². The van der Waals surface area contributed by atoms with Gasteiger partial charge in [-0.2, -0.15) is 0 Å². The third kappa shape index (κ3) is 3.37. The van der Waals surface area contributed by atoms with Crippen molar-refractivity contribution in [3.63, 3.8) is 0 Å². The van der Waals surface area contributed by atoms with Gasteiger partial charge in [0.25, 0.3) is 0 Å². The summed E-state index contributed by atoms with van der Waals surface area (Å²) in [6, 6.07) is 10.5. The molecule has 0 unspecified atom stereocenters. The third-order valence-electron chi connectivity index (χ3n) is 3.33. The van der Waals surface area contributed by atoms with E-state index in [9.17, 15) is 4.79 Å². The Morgan fingerprint density at radius 2 is 2.12 bits per heavy atom. The van der Waals surface area contributed by atoms with Crippen molar-refractivity contribution in [2.45, 2.75) is 0 Å². The standard InChI is InChI=1S/C17H13Cl2N3O2/c1-24-14-7-5-11(18)10-12(14)20-16(23)8-6-13-17(19)21-15-4-2-3-9-22(13)15/h2-10H,1H3,(H,20,23)/b8-6+. The molecule has 1 aromatic carbocycles. The van der Waals surface area contributed by atoms with Gasteiger partial charge < -0.3 is 10.1 Å². The Balaban J connectivity index is 1.83. The highest BCUT2D eigenvalue weighted by atomic mass is 35.5. The summed E-state index contributed by atoms with van der Waals surface area (Å²) in [5.41, 5.74) is 1.82. The number of amides is 1. The number of ether oxygens (including phenoxy) is 1. The van der Waals surface area contributed by atoms with E-state index in [1.165, 1.54) is 13.2 Å². The van der Waals surface area contributed by atoms with E-state index in [4.69, 9.17) is 27.9 Å². The summed E-state index contributed by atoms with van der Waals surface area (Å²) in [4.78, 5) is 16.4. The number of nitrogens with zero attached hydrogens (tertiary/aromatic N) is 2. The first-order valence-electron chi connectivity index (χ1n) is 7.03. The normalized spacial score (nSPS) is 11.1. The minimum absolute atomic E-state index is 0.325. The second-order valence-corrected chi connectivity index (χ2v) is 5.68. The highest BCUT2D eigenvalue weighted by molar-refractivity contribution is 6.31. The number of rotatable bonds is 4. The predicted molar refractivity (Wildman–Crippen MR) is 95.9 cm³/mol. The number of hydrogen-bond acceptors (Lipinski definition) is 3. The van der Waals surface area contributed by atoms with Crippen LogP contribution in [0.5, 0.6) is 5.75 Å². The Morgan fingerprint density at radius 1 is 1.29 bits per heavy atom. The highest BCUT2D eigenvalue weighted by Gasteiger charge is 2.09. The number of fused-ring (bicyclic) bond motifs is 1. The Labute approximate surface area is 148 Å². The lowest BCUT2D eigenvalue weighted by molar-refractivity contribution is -0.111. The van der Waals surface area contributed by atoms with Crippen LogP contribution < -0.4 is 10.1 Å². The van der Waals surface area contributed by atoms with Gasteiger partial charge in [0.1, 0.15) is 11.4 Å². The van der Waals surface area contributed by atoms with Crippen molar-refractivity contribution in [3.8, 4) is 5.75 Å². The zero-order valence-electron chi connectivity index (χ0n) is 12.7. The molecule has 3 rings (SSSR count). The summed E-state index contributed by atoms with van der Waals surface area (Å²) in [5.74, 6) is 0.187. The molecule has 0 atom stereocenters. The molecule has 0 saturated heterocycles. The van der Waals surface area contributed by atoms with Crippen molar-refractivity contribution in [3.05, 3.63) is 64.5 Å². The first kappa shape index (κ1) is 16.4. The van der Waals surface area contributed by atoms with Crippen LogP contribution in [0.2, 0.25) is 10.2 Å². The number of nitrogens with one attached hydrogen (secondary N) is 1. The lowest BCUT2D eigenvalue weighted by Crippen LogP contribution is -2.09. The molecule has 122 valence electrons. The van der Waals surface area contributed by atoms with Crippen LogP contribution in [0.1, 0.15) is 5.69 Å². The molecule has 0 bridgehead atoms. The van der Waals surface area contributed by atoms with Gasteiger partial charge in [0, 0.05) is 17.3 Å². The number of imidazole rings is 1. The van der Waals surface area contributed by atoms with Gasteiger partial charge in [-0.1, -0.05) is 29.3 Å². The molecule has 0 aliphatic rings. The lowest BCUT2D eigenvalue weighted by atomic mass is 10.3. The van der Waals surface area contributed by atoms with Crippen LogP contribution in [0.3, 0.4) is 0 Å². The van der Waals surface area contributed by atoms with Gasteiger partial charge in [0.15, 0.2) is 5.15 Å². The summed E-state index contributed by atoms with van der Waals surface area (Å²) in [7, 11) is 1.52. The number of anilines is 1. The largest absolute Gasteiger partial charge is 0.495 e. The van der Waals surface area contributed by atoms with E-state index in [0.29, 0.717) is 33.0 Å². The Bertz CT molecular complexity index is 935. The third-order valence-corrected chi connectivity index (χ3v) is 3.85. The molecule has 2 heterocycles. The summed E-state index contributed by atoms with van der Waals surface area (Å²) >= 11 is 12.1. The monoisotopic (exact) mass is 361 g/mol. The molecule has 0 aliphatic carbocycles. The number of aromatic nitrogens is 2. The van der Waals surface area contributed by atoms with Gasteiger partial charge in [-0.05, 0) is 36.4 Å². The number of pyridine rings is 1. The molecule has 24 heavy (non-hydrogen) atoms. The van der Waals surface area contributed by atoms with Gasteiger partial charge >= 0.3 is 0 Å². The Morgan fingerprint density at radius 3 is 2.92 bits per heavy atom. The van der Waals surface area contributed by atoms with Crippen molar-refractivity contribution in [1.82, 2.24) is 9.38 Å². The van der Waals surface area contributed by atoms with Crippen LogP contribution >= 0.6 is 23.2 Å². The Kier molecular flexibility index (Phi) is 4.74. The van der Waals surface area contributed by atoms with Gasteiger partial charge in [0.2, 0.25) is 5.91 Å². The quantitative estimate of drug-likeness (QED) is 0.704. The number of methoxy groups -OCH3 is 1. The van der Waals surface area contributed by atoms with Crippen molar-refractivity contribution in [2.75, 3.05) is 12.4 Å². The molecule has 3 aromatic rings. The molecule has 0 spiro atoms. The molecule has 2 aromatic heterocycles. The number of halogens is 2. The van der Waals surface area contributed by atoms with E-state index in [2.05, 4.69) is 10.3 Å². The van der Waals surface area contributed by atoms with Crippen LogP contribution in [-0.2, 0) is 4.79 Å². The molecule has 0 radical (unpaired) electrons. The predicted octanol–water partition coefficient (Wildman–Crippen LogP) is 4.30. The maximum Gasteiger partial charge on any atom is 0.248 e. The maximum atomic E-state index is 12.2. The number of carbonyl (C=O) groups is 1. The zero-order chi connectivity index (χ0) is 17.1. The van der Waals surface area contributed by atoms with E-state index in [0.717, 1.165) is 0 Å². The van der Waals surface area contributed by atoms with Crippen molar-refractivity contribution < 1.29 is 9.53 Å². The Hall–Kier alpha value is -2.50. The fourth-order valence-electron chi connectivity index (χ4n) is 2.24. The lowest BCUT2D eigenvalue weighted by Gasteiger charge is -2.08. The molecule has 0 saturated carbocycles. The fraction of sp³-hybridized carbons (Fsp3) is 0.0588. The molecule has 7 heteroatoms. The average Bonchev–Trinajstić information content (AvgIpc) is 2.88. The molecule has 1 amide bonds. The van der Waals surface area contributed by atoms with Crippen LogP contribution in [-0.4, -0.2) is 22.4 Å².